The van der Waals surface area contributed by atoms with Crippen molar-refractivity contribution in [3.63, 3.8) is 0 Å². The van der Waals surface area contributed by atoms with Crippen LogP contribution >= 0.6 is 0 Å². The molecular formula is C27H27N5O4. The van der Waals surface area contributed by atoms with Crippen molar-refractivity contribution in [1.82, 2.24) is 14.5 Å². The molecule has 1 atom stereocenters. The summed E-state index contributed by atoms with van der Waals surface area (Å²) in [5, 5.41) is 14.2. The summed E-state index contributed by atoms with van der Waals surface area (Å²) >= 11 is 0. The lowest BCUT2D eigenvalue weighted by Crippen LogP contribution is -2.39. The number of amides is 2. The Labute approximate surface area is 208 Å². The Morgan fingerprint density at radius 2 is 1.72 bits per heavy atom. The number of fused-ring (bicyclic) bond motifs is 1. The zero-order valence-electron chi connectivity index (χ0n) is 20.3. The number of hydrogen-bond acceptors (Lipinski definition) is 5. The molecule has 1 unspecified atom stereocenters. The van der Waals surface area contributed by atoms with Crippen LogP contribution in [0.25, 0.3) is 16.6 Å². The Balaban J connectivity index is 1.75. The van der Waals surface area contributed by atoms with Crippen molar-refractivity contribution >= 4 is 28.3 Å². The highest BCUT2D eigenvalue weighted by atomic mass is 16.6. The molecule has 9 heteroatoms. The number of nitrogens with one attached hydrogen (secondary N) is 1. The second kappa shape index (κ2) is 10.4. The summed E-state index contributed by atoms with van der Waals surface area (Å²) in [4.78, 5) is 43.6. The molecule has 36 heavy (non-hydrogen) atoms. The lowest BCUT2D eigenvalue weighted by atomic mass is 10.1. The molecule has 1 heterocycles. The molecule has 0 aliphatic heterocycles. The fraction of sp³-hybridized carbons (Fsp3) is 0.222. The number of rotatable bonds is 7. The molecule has 3 aromatic carbocycles. The van der Waals surface area contributed by atoms with Crippen molar-refractivity contribution in [2.45, 2.75) is 33.2 Å². The normalized spacial score (nSPS) is 11.8. The molecule has 0 spiro atoms. The molecule has 0 bridgehead atoms. The standard InChI is InChI=1S/C27H27N5O4/c1-4-19-10-14-21(15-11-19)31-25(29-24-9-7-6-8-23(24)26(31)33)18(3)30(5-2)27(34)28-20-12-16-22(17-13-20)32(35)36/h6-18H,4-5H2,1-3H3,(H,28,34). The number of anilines is 1. The van der Waals surface area contributed by atoms with Gasteiger partial charge >= 0.3 is 6.03 Å². The van der Waals surface area contributed by atoms with Crippen LogP contribution < -0.4 is 10.9 Å². The third kappa shape index (κ3) is 4.81. The molecule has 0 aliphatic carbocycles. The van der Waals surface area contributed by atoms with E-state index in [1.807, 2.05) is 44.2 Å². The van der Waals surface area contributed by atoms with E-state index in [4.69, 9.17) is 4.98 Å². The zero-order chi connectivity index (χ0) is 25.8. The molecule has 4 rings (SSSR count). The predicted molar refractivity (Wildman–Crippen MR) is 140 cm³/mol. The van der Waals surface area contributed by atoms with E-state index in [2.05, 4.69) is 12.2 Å². The van der Waals surface area contributed by atoms with Gasteiger partial charge in [-0.25, -0.2) is 9.78 Å². The molecule has 2 amide bonds. The first-order chi connectivity index (χ1) is 17.3. The number of urea groups is 1. The maximum atomic E-state index is 13.6. The number of aromatic nitrogens is 2. The summed E-state index contributed by atoms with van der Waals surface area (Å²) in [5.41, 5.74) is 2.52. The van der Waals surface area contributed by atoms with Crippen LogP contribution in [-0.2, 0) is 6.42 Å². The largest absolute Gasteiger partial charge is 0.322 e. The van der Waals surface area contributed by atoms with Gasteiger partial charge in [-0.2, -0.15) is 0 Å². The van der Waals surface area contributed by atoms with Gasteiger partial charge in [-0.1, -0.05) is 31.2 Å². The third-order valence-electron chi connectivity index (χ3n) is 6.18. The number of carbonyl (C=O) groups excluding carboxylic acids is 1. The third-order valence-corrected chi connectivity index (χ3v) is 6.18. The zero-order valence-corrected chi connectivity index (χ0v) is 20.3. The van der Waals surface area contributed by atoms with Crippen molar-refractivity contribution in [2.24, 2.45) is 0 Å². The molecule has 0 aliphatic rings. The lowest BCUT2D eigenvalue weighted by molar-refractivity contribution is -0.384. The number of hydrogen-bond donors (Lipinski definition) is 1. The number of non-ortho nitro benzene ring substituents is 1. The van der Waals surface area contributed by atoms with E-state index in [1.165, 1.54) is 24.3 Å². The van der Waals surface area contributed by atoms with Gasteiger partial charge in [-0.3, -0.25) is 19.5 Å². The Hall–Kier alpha value is -4.53. The lowest BCUT2D eigenvalue weighted by Gasteiger charge is -2.29. The topological polar surface area (TPSA) is 110 Å². The molecule has 9 nitrogen and oxygen atoms in total. The van der Waals surface area contributed by atoms with Crippen LogP contribution in [0.2, 0.25) is 0 Å². The van der Waals surface area contributed by atoms with E-state index in [0.29, 0.717) is 34.6 Å². The minimum Gasteiger partial charge on any atom is -0.315 e. The summed E-state index contributed by atoms with van der Waals surface area (Å²) in [7, 11) is 0. The van der Waals surface area contributed by atoms with Gasteiger partial charge < -0.3 is 10.2 Å². The summed E-state index contributed by atoms with van der Waals surface area (Å²) < 4.78 is 1.56. The SMILES string of the molecule is CCc1ccc(-n2c(C(C)N(CC)C(=O)Nc3ccc([N+](=O)[O-])cc3)nc3ccccc3c2=O)cc1. The second-order valence-corrected chi connectivity index (χ2v) is 8.34. The molecule has 184 valence electrons. The quantitative estimate of drug-likeness (QED) is 0.276. The number of para-hydroxylation sites is 1. The smallest absolute Gasteiger partial charge is 0.315 e. The summed E-state index contributed by atoms with van der Waals surface area (Å²) in [6.07, 6.45) is 0.876. The first-order valence-corrected chi connectivity index (χ1v) is 11.8. The fourth-order valence-electron chi connectivity index (χ4n) is 4.15. The number of nitro groups is 1. The minimum absolute atomic E-state index is 0.0628. The first-order valence-electron chi connectivity index (χ1n) is 11.8. The monoisotopic (exact) mass is 485 g/mol. The Morgan fingerprint density at radius 3 is 2.33 bits per heavy atom. The fourth-order valence-corrected chi connectivity index (χ4v) is 4.15. The average molecular weight is 486 g/mol. The molecule has 1 N–H and O–H groups in total. The Bertz CT molecular complexity index is 1460. The maximum Gasteiger partial charge on any atom is 0.322 e. The summed E-state index contributed by atoms with van der Waals surface area (Å²) in [6.45, 7) is 6.07. The van der Waals surface area contributed by atoms with Crippen LogP contribution in [0.15, 0.2) is 77.6 Å². The van der Waals surface area contributed by atoms with Crippen molar-refractivity contribution in [2.75, 3.05) is 11.9 Å². The van der Waals surface area contributed by atoms with E-state index < -0.39 is 17.0 Å². The first kappa shape index (κ1) is 24.6. The molecule has 1 aromatic heterocycles. The number of carbonyl (C=O) groups is 1. The Kier molecular flexibility index (Phi) is 7.10. The molecular weight excluding hydrogens is 458 g/mol. The van der Waals surface area contributed by atoms with Crippen molar-refractivity contribution in [3.05, 3.63) is 105 Å². The van der Waals surface area contributed by atoms with Gasteiger partial charge in [0.15, 0.2) is 0 Å². The van der Waals surface area contributed by atoms with E-state index in [9.17, 15) is 19.7 Å². The van der Waals surface area contributed by atoms with Crippen LogP contribution in [0, 0.1) is 10.1 Å². The van der Waals surface area contributed by atoms with Gasteiger partial charge in [0.25, 0.3) is 11.2 Å². The number of benzene rings is 3. The highest BCUT2D eigenvalue weighted by molar-refractivity contribution is 5.89. The van der Waals surface area contributed by atoms with Gasteiger partial charge in [-0.05, 0) is 62.2 Å². The van der Waals surface area contributed by atoms with Crippen LogP contribution in [0.3, 0.4) is 0 Å². The van der Waals surface area contributed by atoms with Crippen LogP contribution in [-0.4, -0.2) is 32.0 Å². The van der Waals surface area contributed by atoms with E-state index in [1.54, 1.807) is 27.7 Å². The molecule has 4 aromatic rings. The minimum atomic E-state index is -0.559. The van der Waals surface area contributed by atoms with Crippen molar-refractivity contribution in [1.29, 1.82) is 0 Å². The van der Waals surface area contributed by atoms with Gasteiger partial charge in [0.2, 0.25) is 0 Å². The Morgan fingerprint density at radius 1 is 1.06 bits per heavy atom. The molecule has 0 radical (unpaired) electrons. The molecule has 0 saturated heterocycles. The van der Waals surface area contributed by atoms with Gasteiger partial charge in [0, 0.05) is 24.4 Å². The summed E-state index contributed by atoms with van der Waals surface area (Å²) in [5.74, 6) is 0.434. The van der Waals surface area contributed by atoms with E-state index >= 15 is 0 Å². The van der Waals surface area contributed by atoms with Crippen LogP contribution in [0.1, 0.15) is 38.2 Å². The van der Waals surface area contributed by atoms with E-state index in [0.717, 1.165) is 12.0 Å². The average Bonchev–Trinajstić information content (AvgIpc) is 2.89. The highest BCUT2D eigenvalue weighted by Gasteiger charge is 2.26. The molecule has 0 saturated carbocycles. The number of aryl methyl sites for hydroxylation is 1. The van der Waals surface area contributed by atoms with Crippen LogP contribution in [0.5, 0.6) is 0 Å². The van der Waals surface area contributed by atoms with Crippen molar-refractivity contribution in [3.8, 4) is 5.69 Å². The number of nitro benzene ring substituents is 1. The van der Waals surface area contributed by atoms with E-state index in [-0.39, 0.29) is 11.2 Å². The summed E-state index contributed by atoms with van der Waals surface area (Å²) in [6, 6.07) is 19.5. The van der Waals surface area contributed by atoms with Gasteiger partial charge in [0.05, 0.1) is 27.6 Å². The second-order valence-electron chi connectivity index (χ2n) is 8.34. The van der Waals surface area contributed by atoms with Crippen LogP contribution in [0.4, 0.5) is 16.2 Å². The van der Waals surface area contributed by atoms with Gasteiger partial charge in [0.1, 0.15) is 5.82 Å². The maximum absolute atomic E-state index is 13.6. The highest BCUT2D eigenvalue weighted by Crippen LogP contribution is 2.24. The number of nitrogens with zero attached hydrogens (tertiary/aromatic N) is 4. The predicted octanol–water partition coefficient (Wildman–Crippen LogP) is 5.47. The molecule has 0 fully saturated rings. The van der Waals surface area contributed by atoms with Crippen molar-refractivity contribution < 1.29 is 9.72 Å². The van der Waals surface area contributed by atoms with Gasteiger partial charge in [-0.15, -0.1) is 0 Å².